The van der Waals surface area contributed by atoms with Crippen LogP contribution in [0.15, 0.2) is 42.5 Å². The van der Waals surface area contributed by atoms with Crippen LogP contribution in [-0.4, -0.2) is 25.2 Å². The Kier molecular flexibility index (Phi) is 6.55. The second kappa shape index (κ2) is 9.08. The molecule has 144 valence electrons. The molecule has 3 rings (SSSR count). The molecule has 0 saturated carbocycles. The maximum atomic E-state index is 12.7. The summed E-state index contributed by atoms with van der Waals surface area (Å²) in [5, 5.41) is 3.62. The van der Waals surface area contributed by atoms with Gasteiger partial charge in [0.2, 0.25) is 5.91 Å². The first kappa shape index (κ1) is 19.5. The first-order chi connectivity index (χ1) is 13.1. The van der Waals surface area contributed by atoms with Crippen molar-refractivity contribution in [2.45, 2.75) is 32.4 Å². The summed E-state index contributed by atoms with van der Waals surface area (Å²) in [7, 11) is 0. The van der Waals surface area contributed by atoms with E-state index in [1.807, 2.05) is 44.2 Å². The van der Waals surface area contributed by atoms with Gasteiger partial charge < -0.3 is 14.8 Å². The zero-order valence-electron chi connectivity index (χ0n) is 15.4. The largest absolute Gasteiger partial charge is 0.494 e. The molecule has 0 aliphatic carbocycles. The van der Waals surface area contributed by atoms with Crippen molar-refractivity contribution in [1.82, 2.24) is 10.9 Å². The molecule has 27 heavy (non-hydrogen) atoms. The number of nitrogens with one attached hydrogen (secondary N) is 3. The van der Waals surface area contributed by atoms with Crippen LogP contribution in [0.1, 0.15) is 31.9 Å². The lowest BCUT2D eigenvalue weighted by atomic mass is 10.0. The summed E-state index contributed by atoms with van der Waals surface area (Å²) in [6.45, 7) is 4.88. The van der Waals surface area contributed by atoms with Crippen LogP contribution in [0.3, 0.4) is 0 Å². The van der Waals surface area contributed by atoms with Crippen LogP contribution in [0.5, 0.6) is 11.5 Å². The molecule has 7 heteroatoms. The molecular formula is C20H24ClN3O3. The Balaban J connectivity index is 1.69. The molecule has 2 aromatic rings. The first-order valence-corrected chi connectivity index (χ1v) is 9.45. The molecule has 1 aliphatic heterocycles. The minimum atomic E-state index is -0.376. The molecule has 1 saturated heterocycles. The van der Waals surface area contributed by atoms with Gasteiger partial charge in [0.1, 0.15) is 17.5 Å². The summed E-state index contributed by atoms with van der Waals surface area (Å²) in [6, 6.07) is 12.7. The molecule has 1 aliphatic rings. The van der Waals surface area contributed by atoms with E-state index in [9.17, 15) is 4.79 Å². The number of anilines is 1. The Morgan fingerprint density at radius 2 is 1.96 bits per heavy atom. The lowest BCUT2D eigenvalue weighted by Crippen LogP contribution is -2.39. The van der Waals surface area contributed by atoms with Gasteiger partial charge in [0.15, 0.2) is 0 Å². The van der Waals surface area contributed by atoms with E-state index in [4.69, 9.17) is 21.1 Å². The molecule has 0 bridgehead atoms. The van der Waals surface area contributed by atoms with E-state index in [1.165, 1.54) is 0 Å². The topological polar surface area (TPSA) is 71.6 Å². The molecule has 0 radical (unpaired) electrons. The second-order valence-electron chi connectivity index (χ2n) is 6.20. The maximum Gasteiger partial charge on any atom is 0.243 e. The fourth-order valence-corrected chi connectivity index (χ4v) is 3.23. The Morgan fingerprint density at radius 1 is 1.15 bits per heavy atom. The van der Waals surface area contributed by atoms with Gasteiger partial charge in [0.05, 0.1) is 18.9 Å². The number of carbonyl (C=O) groups is 1. The molecule has 1 amide bonds. The number of halogens is 1. The van der Waals surface area contributed by atoms with Crippen molar-refractivity contribution in [3.63, 3.8) is 0 Å². The number of benzene rings is 2. The fourth-order valence-electron chi connectivity index (χ4n) is 3.03. The lowest BCUT2D eigenvalue weighted by Gasteiger charge is -2.15. The van der Waals surface area contributed by atoms with Gasteiger partial charge in [-0.25, -0.2) is 10.9 Å². The van der Waals surface area contributed by atoms with E-state index in [1.54, 1.807) is 12.1 Å². The van der Waals surface area contributed by atoms with Crippen LogP contribution >= 0.6 is 11.6 Å². The van der Waals surface area contributed by atoms with Crippen molar-refractivity contribution >= 4 is 23.2 Å². The Labute approximate surface area is 164 Å². The third-order valence-electron chi connectivity index (χ3n) is 4.29. The van der Waals surface area contributed by atoms with Crippen molar-refractivity contribution in [1.29, 1.82) is 0 Å². The van der Waals surface area contributed by atoms with Crippen molar-refractivity contribution < 1.29 is 14.3 Å². The fraction of sp³-hybridized carbons (Fsp3) is 0.350. The highest BCUT2D eigenvalue weighted by molar-refractivity contribution is 6.30. The normalized spacial score (nSPS) is 18.9. The van der Waals surface area contributed by atoms with E-state index in [-0.39, 0.29) is 18.0 Å². The molecular weight excluding hydrogens is 366 g/mol. The van der Waals surface area contributed by atoms with E-state index in [0.29, 0.717) is 41.8 Å². The van der Waals surface area contributed by atoms with Gasteiger partial charge in [-0.15, -0.1) is 0 Å². The zero-order chi connectivity index (χ0) is 19.2. The molecule has 2 unspecified atom stereocenters. The third kappa shape index (κ3) is 4.91. The van der Waals surface area contributed by atoms with Crippen LogP contribution in [0.2, 0.25) is 5.02 Å². The van der Waals surface area contributed by atoms with E-state index >= 15 is 0 Å². The van der Waals surface area contributed by atoms with E-state index in [2.05, 4.69) is 16.2 Å². The number of amides is 1. The summed E-state index contributed by atoms with van der Waals surface area (Å²) < 4.78 is 11.1. The molecule has 0 spiro atoms. The van der Waals surface area contributed by atoms with Crippen LogP contribution in [0.4, 0.5) is 5.69 Å². The Morgan fingerprint density at radius 3 is 2.70 bits per heavy atom. The highest BCUT2D eigenvalue weighted by Crippen LogP contribution is 2.31. The first-order valence-electron chi connectivity index (χ1n) is 9.07. The van der Waals surface area contributed by atoms with Crippen molar-refractivity contribution in [3.8, 4) is 11.5 Å². The second-order valence-corrected chi connectivity index (χ2v) is 6.63. The summed E-state index contributed by atoms with van der Waals surface area (Å²) in [4.78, 5) is 12.7. The highest BCUT2D eigenvalue weighted by Gasteiger charge is 2.30. The molecule has 0 aromatic heterocycles. The Hall–Kier alpha value is -2.28. The summed E-state index contributed by atoms with van der Waals surface area (Å²) in [5.41, 5.74) is 7.86. The summed E-state index contributed by atoms with van der Waals surface area (Å²) in [6.07, 6.45) is 0.612. The number of hydrazine groups is 1. The number of carbonyl (C=O) groups excluding carboxylic acids is 1. The van der Waals surface area contributed by atoms with E-state index in [0.717, 1.165) is 5.56 Å². The predicted octanol–water partition coefficient (Wildman–Crippen LogP) is 3.68. The van der Waals surface area contributed by atoms with Gasteiger partial charge in [-0.3, -0.25) is 4.79 Å². The molecule has 6 nitrogen and oxygen atoms in total. The SMILES string of the molecule is CCOc1ccc(OCC)c(NC(=O)C2CC(c3cccc(Cl)c3)NN2)c1. The maximum absolute atomic E-state index is 12.7. The van der Waals surface area contributed by atoms with Crippen molar-refractivity contribution in [3.05, 3.63) is 53.1 Å². The number of ether oxygens (including phenoxy) is 2. The minimum Gasteiger partial charge on any atom is -0.494 e. The van der Waals surface area contributed by atoms with Gasteiger partial charge in [0.25, 0.3) is 0 Å². The van der Waals surface area contributed by atoms with Crippen LogP contribution in [0.25, 0.3) is 0 Å². The van der Waals surface area contributed by atoms with Crippen LogP contribution in [-0.2, 0) is 4.79 Å². The van der Waals surface area contributed by atoms with Gasteiger partial charge >= 0.3 is 0 Å². The zero-order valence-corrected chi connectivity index (χ0v) is 16.2. The monoisotopic (exact) mass is 389 g/mol. The minimum absolute atomic E-state index is 0.0144. The number of rotatable bonds is 7. The van der Waals surface area contributed by atoms with Gasteiger partial charge in [-0.1, -0.05) is 23.7 Å². The average Bonchev–Trinajstić information content (AvgIpc) is 3.15. The van der Waals surface area contributed by atoms with Gasteiger partial charge in [-0.2, -0.15) is 0 Å². The number of hydrogen-bond acceptors (Lipinski definition) is 5. The summed E-state index contributed by atoms with van der Waals surface area (Å²) >= 11 is 6.06. The quantitative estimate of drug-likeness (QED) is 0.673. The standard InChI is InChI=1S/C20H24ClN3O3/c1-3-26-15-8-9-19(27-4-2)17(11-15)22-20(25)18-12-16(23-24-18)13-6-5-7-14(21)10-13/h5-11,16,18,23-24H,3-4,12H2,1-2H3,(H,22,25). The molecule has 1 heterocycles. The summed E-state index contributed by atoms with van der Waals surface area (Å²) in [5.74, 6) is 1.17. The smallest absolute Gasteiger partial charge is 0.243 e. The molecule has 2 aromatic carbocycles. The van der Waals surface area contributed by atoms with Crippen LogP contribution < -0.4 is 25.6 Å². The number of hydrogen-bond donors (Lipinski definition) is 3. The van der Waals surface area contributed by atoms with Gasteiger partial charge in [-0.05, 0) is 50.1 Å². The predicted molar refractivity (Wildman–Crippen MR) is 106 cm³/mol. The molecule has 2 atom stereocenters. The molecule has 1 fully saturated rings. The highest BCUT2D eigenvalue weighted by atomic mass is 35.5. The molecule has 3 N–H and O–H groups in total. The van der Waals surface area contributed by atoms with Gasteiger partial charge in [0, 0.05) is 17.1 Å². The van der Waals surface area contributed by atoms with Crippen LogP contribution in [0, 0.1) is 0 Å². The Bertz CT molecular complexity index is 800. The lowest BCUT2D eigenvalue weighted by molar-refractivity contribution is -0.117. The van der Waals surface area contributed by atoms with Crippen molar-refractivity contribution in [2.75, 3.05) is 18.5 Å². The van der Waals surface area contributed by atoms with E-state index < -0.39 is 0 Å². The third-order valence-corrected chi connectivity index (χ3v) is 4.53. The van der Waals surface area contributed by atoms with Crippen molar-refractivity contribution in [2.24, 2.45) is 0 Å². The average molecular weight is 390 g/mol.